The van der Waals surface area contributed by atoms with Gasteiger partial charge in [0.1, 0.15) is 11.4 Å². The van der Waals surface area contributed by atoms with Gasteiger partial charge < -0.3 is 10.1 Å². The number of para-hydroxylation sites is 2. The van der Waals surface area contributed by atoms with Gasteiger partial charge in [-0.1, -0.05) is 36.4 Å². The molecule has 0 spiro atoms. The Morgan fingerprint density at radius 3 is 2.42 bits per heavy atom. The highest BCUT2D eigenvalue weighted by atomic mass is 16.5. The van der Waals surface area contributed by atoms with E-state index in [0.29, 0.717) is 12.3 Å². The average molecular weight is 322 g/mol. The summed E-state index contributed by atoms with van der Waals surface area (Å²) in [6.45, 7) is 2.15. The van der Waals surface area contributed by atoms with E-state index >= 15 is 0 Å². The molecule has 0 unspecified atom stereocenters. The van der Waals surface area contributed by atoms with Crippen molar-refractivity contribution in [2.45, 2.75) is 13.5 Å². The third-order valence-electron chi connectivity index (χ3n) is 3.43. The van der Waals surface area contributed by atoms with Crippen molar-refractivity contribution in [3.63, 3.8) is 0 Å². The van der Waals surface area contributed by atoms with Gasteiger partial charge in [-0.15, -0.1) is 0 Å². The average Bonchev–Trinajstić information content (AvgIpc) is 3.01. The normalized spacial score (nSPS) is 10.4. The first-order valence-corrected chi connectivity index (χ1v) is 7.65. The lowest BCUT2D eigenvalue weighted by molar-refractivity contribution is -0.123. The number of rotatable bonds is 6. The molecule has 0 aliphatic rings. The van der Waals surface area contributed by atoms with Crippen LogP contribution in [0.25, 0.3) is 5.69 Å². The fourth-order valence-corrected chi connectivity index (χ4v) is 2.15. The van der Waals surface area contributed by atoms with Crippen molar-refractivity contribution in [1.29, 1.82) is 0 Å². The number of aryl methyl sites for hydroxylation is 1. The molecular weight excluding hydrogens is 304 g/mol. The lowest BCUT2D eigenvalue weighted by atomic mass is 10.3. The monoisotopic (exact) mass is 322 g/mol. The van der Waals surface area contributed by atoms with Gasteiger partial charge in [-0.05, 0) is 31.2 Å². The van der Waals surface area contributed by atoms with Gasteiger partial charge in [0.15, 0.2) is 6.61 Å². The summed E-state index contributed by atoms with van der Waals surface area (Å²) in [5.41, 5.74) is 2.39. The molecule has 0 fully saturated rings. The number of carbonyl (C=O) groups excluding carboxylic acids is 1. The van der Waals surface area contributed by atoms with Crippen LogP contribution in [0.5, 0.6) is 5.75 Å². The van der Waals surface area contributed by atoms with Gasteiger partial charge in [0.05, 0.1) is 17.9 Å². The van der Waals surface area contributed by atoms with E-state index in [1.165, 1.54) is 0 Å². The first-order chi connectivity index (χ1) is 11.7. The van der Waals surface area contributed by atoms with Crippen LogP contribution in [0.4, 0.5) is 0 Å². The quantitative estimate of drug-likeness (QED) is 0.756. The number of hydrogen-bond acceptors (Lipinski definition) is 4. The standard InChI is InChI=1S/C18H18N4O2/c1-14-17(21-22(20-14)15-8-4-2-5-9-15)12-19-18(23)13-24-16-10-6-3-7-11-16/h2-11H,12-13H2,1H3,(H,19,23). The fourth-order valence-electron chi connectivity index (χ4n) is 2.15. The molecule has 1 amide bonds. The first-order valence-electron chi connectivity index (χ1n) is 7.65. The Bertz CT molecular complexity index is 800. The molecule has 1 N–H and O–H groups in total. The molecule has 2 aromatic carbocycles. The zero-order chi connectivity index (χ0) is 16.8. The van der Waals surface area contributed by atoms with Crippen LogP contribution in [0.2, 0.25) is 0 Å². The number of benzene rings is 2. The lowest BCUT2D eigenvalue weighted by Gasteiger charge is -2.06. The molecule has 0 bridgehead atoms. The predicted molar refractivity (Wildman–Crippen MR) is 89.9 cm³/mol. The summed E-state index contributed by atoms with van der Waals surface area (Å²) in [4.78, 5) is 13.5. The van der Waals surface area contributed by atoms with Crippen LogP contribution in [0.15, 0.2) is 60.7 Å². The molecule has 1 aromatic heterocycles. The van der Waals surface area contributed by atoms with Crippen LogP contribution >= 0.6 is 0 Å². The highest BCUT2D eigenvalue weighted by Crippen LogP contribution is 2.09. The minimum Gasteiger partial charge on any atom is -0.484 e. The van der Waals surface area contributed by atoms with Gasteiger partial charge in [0.25, 0.3) is 5.91 Å². The summed E-state index contributed by atoms with van der Waals surface area (Å²) in [6.07, 6.45) is 0. The van der Waals surface area contributed by atoms with Crippen molar-refractivity contribution in [1.82, 2.24) is 20.3 Å². The maximum atomic E-state index is 11.9. The number of ether oxygens (including phenoxy) is 1. The molecular formula is C18H18N4O2. The first kappa shape index (κ1) is 15.7. The van der Waals surface area contributed by atoms with E-state index in [-0.39, 0.29) is 12.5 Å². The van der Waals surface area contributed by atoms with Crippen LogP contribution in [-0.4, -0.2) is 27.5 Å². The molecule has 6 nitrogen and oxygen atoms in total. The summed E-state index contributed by atoms with van der Waals surface area (Å²) in [5, 5.41) is 11.6. The van der Waals surface area contributed by atoms with Crippen LogP contribution in [-0.2, 0) is 11.3 Å². The molecule has 0 aliphatic carbocycles. The Morgan fingerprint density at radius 1 is 1.04 bits per heavy atom. The molecule has 0 aliphatic heterocycles. The number of carbonyl (C=O) groups is 1. The fraction of sp³-hybridized carbons (Fsp3) is 0.167. The van der Waals surface area contributed by atoms with Crippen molar-refractivity contribution in [2.24, 2.45) is 0 Å². The Kier molecular flexibility index (Phi) is 4.86. The van der Waals surface area contributed by atoms with Crippen molar-refractivity contribution >= 4 is 5.91 Å². The Morgan fingerprint density at radius 2 is 1.71 bits per heavy atom. The summed E-state index contributed by atoms with van der Waals surface area (Å²) in [6, 6.07) is 18.9. The van der Waals surface area contributed by atoms with Crippen LogP contribution in [0.3, 0.4) is 0 Å². The van der Waals surface area contributed by atoms with Gasteiger partial charge >= 0.3 is 0 Å². The van der Waals surface area contributed by atoms with Crippen molar-refractivity contribution in [3.05, 3.63) is 72.1 Å². The molecule has 1 heterocycles. The van der Waals surface area contributed by atoms with Gasteiger partial charge in [0.2, 0.25) is 0 Å². The molecule has 0 radical (unpaired) electrons. The Balaban J connectivity index is 1.55. The second kappa shape index (κ2) is 7.41. The SMILES string of the molecule is Cc1nn(-c2ccccc2)nc1CNC(=O)COc1ccccc1. The van der Waals surface area contributed by atoms with Crippen molar-refractivity contribution in [3.8, 4) is 11.4 Å². The molecule has 0 atom stereocenters. The van der Waals surface area contributed by atoms with Crippen molar-refractivity contribution in [2.75, 3.05) is 6.61 Å². The van der Waals surface area contributed by atoms with Gasteiger partial charge in [-0.25, -0.2) is 0 Å². The van der Waals surface area contributed by atoms with Crippen LogP contribution in [0.1, 0.15) is 11.4 Å². The highest BCUT2D eigenvalue weighted by molar-refractivity contribution is 5.77. The summed E-state index contributed by atoms with van der Waals surface area (Å²) in [7, 11) is 0. The van der Waals surface area contributed by atoms with E-state index in [9.17, 15) is 4.79 Å². The van der Waals surface area contributed by atoms with Crippen LogP contribution in [0, 0.1) is 6.92 Å². The van der Waals surface area contributed by atoms with Crippen LogP contribution < -0.4 is 10.1 Å². The Labute approximate surface area is 140 Å². The van der Waals surface area contributed by atoms with Gasteiger partial charge in [0, 0.05) is 0 Å². The van der Waals surface area contributed by atoms with E-state index in [1.807, 2.05) is 67.6 Å². The molecule has 0 saturated heterocycles. The molecule has 3 aromatic rings. The van der Waals surface area contributed by atoms with Gasteiger partial charge in [-0.2, -0.15) is 15.0 Å². The second-order valence-corrected chi connectivity index (χ2v) is 5.24. The molecule has 24 heavy (non-hydrogen) atoms. The predicted octanol–water partition coefficient (Wildman–Crippen LogP) is 2.27. The second-order valence-electron chi connectivity index (χ2n) is 5.24. The van der Waals surface area contributed by atoms with E-state index in [4.69, 9.17) is 4.74 Å². The van der Waals surface area contributed by atoms with E-state index in [1.54, 1.807) is 4.80 Å². The number of nitrogens with one attached hydrogen (secondary N) is 1. The van der Waals surface area contributed by atoms with Crippen molar-refractivity contribution < 1.29 is 9.53 Å². The number of hydrogen-bond donors (Lipinski definition) is 1. The number of amides is 1. The highest BCUT2D eigenvalue weighted by Gasteiger charge is 2.10. The summed E-state index contributed by atoms with van der Waals surface area (Å²) in [5.74, 6) is 0.464. The van der Waals surface area contributed by atoms with E-state index < -0.39 is 0 Å². The maximum absolute atomic E-state index is 11.9. The molecule has 6 heteroatoms. The minimum atomic E-state index is -0.201. The van der Waals surface area contributed by atoms with Gasteiger partial charge in [-0.3, -0.25) is 4.79 Å². The smallest absolute Gasteiger partial charge is 0.258 e. The van der Waals surface area contributed by atoms with E-state index in [0.717, 1.165) is 17.1 Å². The summed E-state index contributed by atoms with van der Waals surface area (Å²) >= 11 is 0. The largest absolute Gasteiger partial charge is 0.484 e. The maximum Gasteiger partial charge on any atom is 0.258 e. The number of aromatic nitrogens is 3. The lowest BCUT2D eigenvalue weighted by Crippen LogP contribution is -2.28. The minimum absolute atomic E-state index is 0.0319. The summed E-state index contributed by atoms with van der Waals surface area (Å²) < 4.78 is 5.41. The molecule has 3 rings (SSSR count). The third-order valence-corrected chi connectivity index (χ3v) is 3.43. The van der Waals surface area contributed by atoms with E-state index in [2.05, 4.69) is 15.5 Å². The zero-order valence-electron chi connectivity index (χ0n) is 13.3. The topological polar surface area (TPSA) is 69.0 Å². The number of nitrogens with zero attached hydrogens (tertiary/aromatic N) is 3. The Hall–Kier alpha value is -3.15. The molecule has 122 valence electrons. The third kappa shape index (κ3) is 3.98. The zero-order valence-corrected chi connectivity index (χ0v) is 13.3. The molecule has 0 saturated carbocycles.